The van der Waals surface area contributed by atoms with Gasteiger partial charge in [-0.3, -0.25) is 0 Å². The van der Waals surface area contributed by atoms with Crippen LogP contribution in [0.1, 0.15) is 39.3 Å². The summed E-state index contributed by atoms with van der Waals surface area (Å²) in [6.07, 6.45) is 1.81. The zero-order valence-corrected chi connectivity index (χ0v) is 20.5. The molecule has 1 aromatic rings. The first-order valence-corrected chi connectivity index (χ1v) is 15.5. The van der Waals surface area contributed by atoms with Crippen molar-refractivity contribution >= 4 is 24.1 Å². The normalized spacial score (nSPS) is 21.1. The predicted molar refractivity (Wildman–Crippen MR) is 121 cm³/mol. The van der Waals surface area contributed by atoms with Crippen LogP contribution < -0.4 is 0 Å². The molecule has 0 spiro atoms. The van der Waals surface area contributed by atoms with Crippen LogP contribution >= 0.6 is 0 Å². The minimum Gasteiger partial charge on any atom is -0.463 e. The lowest BCUT2D eigenvalue weighted by molar-refractivity contribution is -0.138. The summed E-state index contributed by atoms with van der Waals surface area (Å²) in [5.74, 6) is -0.346. The molecule has 2 rings (SSSR count). The summed E-state index contributed by atoms with van der Waals surface area (Å²) >= 11 is 0. The molecule has 0 saturated heterocycles. The van der Waals surface area contributed by atoms with E-state index < -0.39 is 36.2 Å². The van der Waals surface area contributed by atoms with E-state index >= 15 is 0 Å². The van der Waals surface area contributed by atoms with E-state index in [1.54, 1.807) is 11.2 Å². The predicted octanol–water partition coefficient (Wildman–Crippen LogP) is 4.62. The highest BCUT2D eigenvalue weighted by Gasteiger charge is 2.49. The van der Waals surface area contributed by atoms with Gasteiger partial charge in [0.1, 0.15) is 0 Å². The largest absolute Gasteiger partial charge is 0.463 e. The molecule has 0 bridgehead atoms. The summed E-state index contributed by atoms with van der Waals surface area (Å²) in [5, 5.41) is 0. The quantitative estimate of drug-likeness (QED) is 0.461. The molecule has 0 aromatic heterocycles. The molecule has 1 aliphatic rings. The Morgan fingerprint density at radius 2 is 1.72 bits per heavy atom. The third kappa shape index (κ3) is 5.80. The molecule has 2 atom stereocenters. The van der Waals surface area contributed by atoms with Crippen LogP contribution in [0.5, 0.6) is 0 Å². The molecule has 7 heteroatoms. The molecule has 0 radical (unpaired) electrons. The second kappa shape index (κ2) is 8.74. The first-order valence-electron chi connectivity index (χ1n) is 10.2. The highest BCUT2D eigenvalue weighted by atomic mass is 32.2. The van der Waals surface area contributed by atoms with Crippen LogP contribution in [-0.2, 0) is 19.6 Å². The van der Waals surface area contributed by atoms with Gasteiger partial charge in [0.05, 0.1) is 24.0 Å². The van der Waals surface area contributed by atoms with Crippen LogP contribution in [0.3, 0.4) is 0 Å². The highest BCUT2D eigenvalue weighted by Crippen LogP contribution is 2.45. The summed E-state index contributed by atoms with van der Waals surface area (Å²) in [7, 11) is -5.15. The van der Waals surface area contributed by atoms with Gasteiger partial charge in [0.15, 0.2) is 0 Å². The average molecular weight is 438 g/mol. The standard InChI is InChI=1S/C22H35NO4SSi/c1-8-27-21(24)18-16-19(22(2,3)4)23(20(18)17-12-10-9-11-13-17)28(25,26)14-15-29(5,6)7/h9-13,16,19-20H,8,14-15H2,1-7H3/t19-,20-/m0/s1. The van der Waals surface area contributed by atoms with Crippen LogP contribution in [0.15, 0.2) is 42.0 Å². The Morgan fingerprint density at radius 1 is 1.14 bits per heavy atom. The molecule has 0 unspecified atom stereocenters. The molecule has 0 N–H and O–H groups in total. The fourth-order valence-electron chi connectivity index (χ4n) is 3.49. The van der Waals surface area contributed by atoms with E-state index in [0.717, 1.165) is 5.56 Å². The number of hydrogen-bond acceptors (Lipinski definition) is 4. The van der Waals surface area contributed by atoms with E-state index in [4.69, 9.17) is 4.74 Å². The van der Waals surface area contributed by atoms with Crippen molar-refractivity contribution in [3.63, 3.8) is 0 Å². The zero-order valence-electron chi connectivity index (χ0n) is 18.7. The van der Waals surface area contributed by atoms with E-state index in [1.165, 1.54) is 0 Å². The number of ether oxygens (including phenoxy) is 1. The number of benzene rings is 1. The lowest BCUT2D eigenvalue weighted by atomic mass is 9.87. The van der Waals surface area contributed by atoms with Crippen molar-refractivity contribution in [1.82, 2.24) is 4.31 Å². The van der Waals surface area contributed by atoms with Gasteiger partial charge in [0.25, 0.3) is 0 Å². The number of sulfonamides is 1. The van der Waals surface area contributed by atoms with Crippen molar-refractivity contribution in [2.45, 2.75) is 65.5 Å². The Bertz CT molecular complexity index is 851. The lowest BCUT2D eigenvalue weighted by Crippen LogP contribution is -2.46. The number of esters is 1. The fraction of sp³-hybridized carbons (Fsp3) is 0.591. The topological polar surface area (TPSA) is 63.7 Å². The van der Waals surface area contributed by atoms with E-state index in [-0.39, 0.29) is 17.8 Å². The molecular formula is C22H35NO4SSi. The first-order chi connectivity index (χ1) is 13.3. The third-order valence-corrected chi connectivity index (χ3v) is 9.02. The van der Waals surface area contributed by atoms with Crippen molar-refractivity contribution in [2.24, 2.45) is 5.41 Å². The molecule has 162 valence electrons. The molecular weight excluding hydrogens is 402 g/mol. The Labute approximate surface area is 177 Å². The van der Waals surface area contributed by atoms with Crippen molar-refractivity contribution in [1.29, 1.82) is 0 Å². The number of rotatable bonds is 7. The van der Waals surface area contributed by atoms with Gasteiger partial charge in [-0.15, -0.1) is 0 Å². The maximum absolute atomic E-state index is 13.6. The first kappa shape index (κ1) is 23.8. The summed E-state index contributed by atoms with van der Waals surface area (Å²) in [6, 6.07) is 8.99. The van der Waals surface area contributed by atoms with Crippen LogP contribution in [0.2, 0.25) is 25.7 Å². The maximum Gasteiger partial charge on any atom is 0.335 e. The third-order valence-electron chi connectivity index (χ3n) is 5.11. The minimum atomic E-state index is -3.60. The minimum absolute atomic E-state index is 0.0998. The summed E-state index contributed by atoms with van der Waals surface area (Å²) in [4.78, 5) is 12.8. The number of hydrogen-bond donors (Lipinski definition) is 0. The molecule has 0 amide bonds. The lowest BCUT2D eigenvalue weighted by Gasteiger charge is -2.37. The molecule has 1 heterocycles. The van der Waals surface area contributed by atoms with Gasteiger partial charge in [0.2, 0.25) is 10.0 Å². The van der Waals surface area contributed by atoms with Crippen LogP contribution in [0.25, 0.3) is 0 Å². The monoisotopic (exact) mass is 437 g/mol. The van der Waals surface area contributed by atoms with Crippen molar-refractivity contribution < 1.29 is 17.9 Å². The Kier molecular flexibility index (Phi) is 7.18. The molecule has 1 aliphatic heterocycles. The number of carbonyl (C=O) groups is 1. The van der Waals surface area contributed by atoms with E-state index in [2.05, 4.69) is 19.6 Å². The van der Waals surface area contributed by atoms with Gasteiger partial charge in [-0.1, -0.05) is 76.8 Å². The van der Waals surface area contributed by atoms with Crippen molar-refractivity contribution in [3.05, 3.63) is 47.5 Å². The zero-order chi connectivity index (χ0) is 22.0. The van der Waals surface area contributed by atoms with Crippen LogP contribution in [0, 0.1) is 5.41 Å². The Morgan fingerprint density at radius 3 is 2.21 bits per heavy atom. The fourth-order valence-corrected chi connectivity index (χ4v) is 8.47. The average Bonchev–Trinajstić information content (AvgIpc) is 3.02. The van der Waals surface area contributed by atoms with Gasteiger partial charge < -0.3 is 4.74 Å². The molecule has 1 aromatic carbocycles. The highest BCUT2D eigenvalue weighted by molar-refractivity contribution is 7.89. The van der Waals surface area contributed by atoms with Gasteiger partial charge in [-0.2, -0.15) is 4.31 Å². The second-order valence-corrected chi connectivity index (χ2v) is 17.5. The summed E-state index contributed by atoms with van der Waals surface area (Å²) in [6.45, 7) is 14.5. The van der Waals surface area contributed by atoms with Crippen molar-refractivity contribution in [2.75, 3.05) is 12.4 Å². The van der Waals surface area contributed by atoms with E-state index in [9.17, 15) is 13.2 Å². The molecule has 29 heavy (non-hydrogen) atoms. The molecule has 0 aliphatic carbocycles. The van der Waals surface area contributed by atoms with Crippen molar-refractivity contribution in [3.8, 4) is 0 Å². The van der Waals surface area contributed by atoms with Gasteiger partial charge in [-0.05, 0) is 23.9 Å². The summed E-state index contributed by atoms with van der Waals surface area (Å²) < 4.78 is 34.1. The molecule has 0 saturated carbocycles. The van der Waals surface area contributed by atoms with E-state index in [0.29, 0.717) is 11.6 Å². The van der Waals surface area contributed by atoms with Crippen LogP contribution in [-0.4, -0.2) is 45.2 Å². The SMILES string of the molecule is CCOC(=O)C1=C[C@@H](C(C)(C)C)N(S(=O)(=O)CC[Si](C)(C)C)[C@H]1c1ccccc1. The van der Waals surface area contributed by atoms with Gasteiger partial charge in [-0.25, -0.2) is 13.2 Å². The maximum atomic E-state index is 13.6. The van der Waals surface area contributed by atoms with Gasteiger partial charge in [0, 0.05) is 14.1 Å². The Balaban J connectivity index is 2.60. The molecule has 0 fully saturated rings. The number of nitrogens with zero attached hydrogens (tertiary/aromatic N) is 1. The van der Waals surface area contributed by atoms with Gasteiger partial charge >= 0.3 is 5.97 Å². The van der Waals surface area contributed by atoms with E-state index in [1.807, 2.05) is 57.2 Å². The second-order valence-electron chi connectivity index (χ2n) is 9.92. The molecule has 5 nitrogen and oxygen atoms in total. The smallest absolute Gasteiger partial charge is 0.335 e. The summed E-state index contributed by atoms with van der Waals surface area (Å²) in [5.41, 5.74) is 0.831. The van der Waals surface area contributed by atoms with Crippen LogP contribution in [0.4, 0.5) is 0 Å². The Hall–Kier alpha value is -1.44. The number of carbonyl (C=O) groups excluding carboxylic acids is 1.